The van der Waals surface area contributed by atoms with Gasteiger partial charge in [0.15, 0.2) is 0 Å². The van der Waals surface area contributed by atoms with Gasteiger partial charge in [0.2, 0.25) is 0 Å². The molecule has 0 aromatic heterocycles. The number of carboxylic acids is 1. The molecule has 0 bridgehead atoms. The fourth-order valence-electron chi connectivity index (χ4n) is 0.860. The summed E-state index contributed by atoms with van der Waals surface area (Å²) in [7, 11) is 0. The standard InChI is InChI=1S/C7H8N2O4/c8-6-3-4(9(12)13)1-2-5(6)7(10)11/h1-3,12-13H,8H2,(H,10,11)/p-1. The summed E-state index contributed by atoms with van der Waals surface area (Å²) in [6.45, 7) is 0. The first-order valence-corrected chi connectivity index (χ1v) is 3.31. The first kappa shape index (κ1) is 9.30. The molecule has 0 saturated carbocycles. The van der Waals surface area contributed by atoms with E-state index < -0.39 is 5.97 Å². The molecule has 0 aliphatic rings. The molecule has 0 spiro atoms. The molecule has 0 unspecified atom stereocenters. The third kappa shape index (κ3) is 1.86. The molecule has 0 radical (unpaired) electrons. The Balaban J connectivity index is 3.13. The van der Waals surface area contributed by atoms with Crippen molar-refractivity contribution in [2.45, 2.75) is 0 Å². The zero-order valence-electron chi connectivity index (χ0n) is 6.47. The lowest BCUT2D eigenvalue weighted by molar-refractivity contribution is -0.254. The monoisotopic (exact) mass is 183 g/mol. The van der Waals surface area contributed by atoms with Gasteiger partial charge in [0.1, 0.15) is 0 Å². The topological polar surface area (TPSA) is 110 Å². The van der Waals surface area contributed by atoms with Crippen LogP contribution in [0.1, 0.15) is 10.4 Å². The summed E-state index contributed by atoms with van der Waals surface area (Å²) in [5.74, 6) is -1.41. The minimum Gasteiger partial charge on any atom is -0.545 e. The van der Waals surface area contributed by atoms with Gasteiger partial charge >= 0.3 is 0 Å². The maximum absolute atomic E-state index is 10.4. The summed E-state index contributed by atoms with van der Waals surface area (Å²) in [6.07, 6.45) is 0. The highest BCUT2D eigenvalue weighted by Crippen LogP contribution is 2.18. The van der Waals surface area contributed by atoms with Crippen LogP contribution in [0.15, 0.2) is 18.2 Å². The third-order valence-electron chi connectivity index (χ3n) is 1.49. The lowest BCUT2D eigenvalue weighted by Crippen LogP contribution is -2.23. The molecule has 0 aliphatic carbocycles. The molecule has 1 aromatic rings. The van der Waals surface area contributed by atoms with Crippen molar-refractivity contribution < 1.29 is 20.3 Å². The van der Waals surface area contributed by atoms with Gasteiger partial charge in [-0.05, 0) is 18.2 Å². The average molecular weight is 183 g/mol. The Morgan fingerprint density at radius 3 is 2.46 bits per heavy atom. The molecular weight excluding hydrogens is 176 g/mol. The quantitative estimate of drug-likeness (QED) is 0.409. The minimum absolute atomic E-state index is 0.0255. The lowest BCUT2D eigenvalue weighted by Gasteiger charge is -2.11. The van der Waals surface area contributed by atoms with Crippen LogP contribution < -0.4 is 16.1 Å². The van der Waals surface area contributed by atoms with Gasteiger partial charge in [-0.1, -0.05) is 0 Å². The van der Waals surface area contributed by atoms with Crippen molar-refractivity contribution in [3.05, 3.63) is 23.8 Å². The Morgan fingerprint density at radius 1 is 1.46 bits per heavy atom. The molecule has 1 rings (SSSR count). The summed E-state index contributed by atoms with van der Waals surface area (Å²) >= 11 is 0. The number of anilines is 2. The van der Waals surface area contributed by atoms with Crippen LogP contribution in [0.2, 0.25) is 0 Å². The Hall–Kier alpha value is -1.79. The number of nitrogens with two attached hydrogens (primary N) is 1. The normalized spacial score (nSPS) is 9.69. The number of carbonyl (C=O) groups is 1. The van der Waals surface area contributed by atoms with Crippen LogP contribution in [0.25, 0.3) is 0 Å². The van der Waals surface area contributed by atoms with Gasteiger partial charge in [0, 0.05) is 11.3 Å². The van der Waals surface area contributed by atoms with Crippen molar-refractivity contribution in [2.24, 2.45) is 0 Å². The largest absolute Gasteiger partial charge is 0.545 e. The third-order valence-corrected chi connectivity index (χ3v) is 1.49. The zero-order valence-corrected chi connectivity index (χ0v) is 6.47. The number of nitrogens with zero attached hydrogens (tertiary/aromatic N) is 1. The second-order valence-corrected chi connectivity index (χ2v) is 2.35. The molecule has 70 valence electrons. The fourth-order valence-corrected chi connectivity index (χ4v) is 0.860. The van der Waals surface area contributed by atoms with Crippen molar-refractivity contribution >= 4 is 17.3 Å². The van der Waals surface area contributed by atoms with E-state index in [4.69, 9.17) is 16.1 Å². The molecule has 4 N–H and O–H groups in total. The van der Waals surface area contributed by atoms with Crippen molar-refractivity contribution in [1.29, 1.82) is 0 Å². The molecule has 6 nitrogen and oxygen atoms in total. The first-order chi connectivity index (χ1) is 6.02. The summed E-state index contributed by atoms with van der Waals surface area (Å²) in [5, 5.41) is 27.3. The molecular formula is C7H7N2O4-. The molecule has 0 atom stereocenters. The molecule has 13 heavy (non-hydrogen) atoms. The minimum atomic E-state index is -1.41. The predicted octanol–water partition coefficient (Wildman–Crippen LogP) is -0.783. The Kier molecular flexibility index (Phi) is 2.36. The number of nitrogen functional groups attached to an aromatic ring is 1. The Bertz CT molecular complexity index is 337. The van der Waals surface area contributed by atoms with E-state index in [0.717, 1.165) is 12.1 Å². The Morgan fingerprint density at radius 2 is 2.08 bits per heavy atom. The number of carbonyl (C=O) groups excluding carboxylic acids is 1. The van der Waals surface area contributed by atoms with Crippen LogP contribution in [0.5, 0.6) is 0 Å². The van der Waals surface area contributed by atoms with E-state index in [1.807, 2.05) is 0 Å². The van der Waals surface area contributed by atoms with Gasteiger partial charge in [-0.2, -0.15) is 0 Å². The summed E-state index contributed by atoms with van der Waals surface area (Å²) < 4.78 is 0. The van der Waals surface area contributed by atoms with E-state index >= 15 is 0 Å². The van der Waals surface area contributed by atoms with Gasteiger partial charge in [-0.15, -0.1) is 5.23 Å². The number of carboxylic acid groups (broad SMARTS) is 1. The number of rotatable bonds is 2. The van der Waals surface area contributed by atoms with Crippen molar-refractivity contribution in [2.75, 3.05) is 11.0 Å². The molecule has 0 aliphatic heterocycles. The lowest BCUT2D eigenvalue weighted by atomic mass is 10.1. The molecule has 0 fully saturated rings. The summed E-state index contributed by atoms with van der Waals surface area (Å²) in [4.78, 5) is 10.4. The van der Waals surface area contributed by atoms with E-state index in [0.29, 0.717) is 0 Å². The number of aromatic carboxylic acids is 1. The zero-order chi connectivity index (χ0) is 10.0. The van der Waals surface area contributed by atoms with Gasteiger partial charge in [-0.3, -0.25) is 10.4 Å². The van der Waals surface area contributed by atoms with E-state index in [1.54, 1.807) is 0 Å². The molecule has 6 heteroatoms. The van der Waals surface area contributed by atoms with Crippen molar-refractivity contribution in [3.8, 4) is 0 Å². The molecule has 1 aromatic carbocycles. The maximum Gasteiger partial charge on any atom is 0.0963 e. The predicted molar refractivity (Wildman–Crippen MR) is 41.2 cm³/mol. The number of hydrogen-bond acceptors (Lipinski definition) is 6. The fraction of sp³-hybridized carbons (Fsp3) is 0. The van der Waals surface area contributed by atoms with Crippen LogP contribution in [0.3, 0.4) is 0 Å². The van der Waals surface area contributed by atoms with Gasteiger partial charge in [0.25, 0.3) is 0 Å². The van der Waals surface area contributed by atoms with E-state index in [9.17, 15) is 9.90 Å². The van der Waals surface area contributed by atoms with Crippen LogP contribution >= 0.6 is 0 Å². The summed E-state index contributed by atoms with van der Waals surface area (Å²) in [5.41, 5.74) is 4.98. The van der Waals surface area contributed by atoms with E-state index in [2.05, 4.69) is 0 Å². The van der Waals surface area contributed by atoms with Gasteiger partial charge < -0.3 is 15.6 Å². The molecule has 0 heterocycles. The van der Waals surface area contributed by atoms with Gasteiger partial charge in [0.05, 0.1) is 11.7 Å². The van der Waals surface area contributed by atoms with Crippen LogP contribution in [-0.2, 0) is 0 Å². The van der Waals surface area contributed by atoms with E-state index in [-0.39, 0.29) is 22.2 Å². The molecule has 0 saturated heterocycles. The van der Waals surface area contributed by atoms with Crippen LogP contribution in [0, 0.1) is 0 Å². The highest BCUT2D eigenvalue weighted by Gasteiger charge is 2.04. The number of hydrogen-bond donors (Lipinski definition) is 3. The Labute approximate surface area is 73.3 Å². The second-order valence-electron chi connectivity index (χ2n) is 2.35. The smallest absolute Gasteiger partial charge is 0.0963 e. The van der Waals surface area contributed by atoms with Crippen LogP contribution in [0.4, 0.5) is 11.4 Å². The molecule has 0 amide bonds. The highest BCUT2D eigenvalue weighted by molar-refractivity contribution is 5.92. The maximum atomic E-state index is 10.4. The summed E-state index contributed by atoms with van der Waals surface area (Å²) in [6, 6.07) is 3.41. The van der Waals surface area contributed by atoms with E-state index in [1.165, 1.54) is 6.07 Å². The van der Waals surface area contributed by atoms with Gasteiger partial charge in [-0.25, -0.2) is 0 Å². The average Bonchev–Trinajstić information content (AvgIpc) is 2.03. The van der Waals surface area contributed by atoms with Crippen molar-refractivity contribution in [1.82, 2.24) is 0 Å². The SMILES string of the molecule is Nc1cc(N(O)O)ccc1C(=O)[O-]. The van der Waals surface area contributed by atoms with Crippen molar-refractivity contribution in [3.63, 3.8) is 0 Å². The first-order valence-electron chi connectivity index (χ1n) is 3.31. The van der Waals surface area contributed by atoms with Crippen LogP contribution in [-0.4, -0.2) is 16.4 Å². The number of benzene rings is 1. The highest BCUT2D eigenvalue weighted by atomic mass is 16.8. The second kappa shape index (κ2) is 3.30.